The van der Waals surface area contributed by atoms with Gasteiger partial charge in [0, 0.05) is 19.3 Å². The minimum Gasteiger partial charge on any atom is -0.462 e. The second-order valence-corrected chi connectivity index (χ2v) is 20.6. The Labute approximate surface area is 452 Å². The summed E-state index contributed by atoms with van der Waals surface area (Å²) in [6.45, 7) is 6.51. The molecule has 0 saturated heterocycles. The first-order valence-corrected chi connectivity index (χ1v) is 31.1. The molecular weight excluding hydrogens is 901 g/mol. The third kappa shape index (κ3) is 59.3. The van der Waals surface area contributed by atoms with Crippen molar-refractivity contribution in [2.24, 2.45) is 0 Å². The zero-order valence-corrected chi connectivity index (χ0v) is 48.1. The predicted molar refractivity (Wildman–Crippen MR) is 316 cm³/mol. The Kier molecular flexibility index (Phi) is 58.3. The fourth-order valence-corrected chi connectivity index (χ4v) is 8.74. The van der Waals surface area contributed by atoms with E-state index in [-0.39, 0.29) is 31.1 Å². The summed E-state index contributed by atoms with van der Waals surface area (Å²) in [5.74, 6) is -0.894. The molecule has 0 fully saturated rings. The Morgan fingerprint density at radius 3 is 0.877 bits per heavy atom. The number of hydrogen-bond donors (Lipinski definition) is 0. The summed E-state index contributed by atoms with van der Waals surface area (Å²) in [5, 5.41) is 0. The number of allylic oxidation sites excluding steroid dienone is 14. The van der Waals surface area contributed by atoms with Gasteiger partial charge in [0.25, 0.3) is 0 Å². The van der Waals surface area contributed by atoms with E-state index in [1.54, 1.807) is 0 Å². The lowest BCUT2D eigenvalue weighted by Crippen LogP contribution is -2.30. The van der Waals surface area contributed by atoms with Crippen LogP contribution in [0, 0.1) is 0 Å². The summed E-state index contributed by atoms with van der Waals surface area (Å²) >= 11 is 0. The molecule has 0 rings (SSSR count). The van der Waals surface area contributed by atoms with Gasteiger partial charge in [-0.3, -0.25) is 14.4 Å². The lowest BCUT2D eigenvalue weighted by Gasteiger charge is -2.18. The Balaban J connectivity index is 4.34. The first-order valence-electron chi connectivity index (χ1n) is 31.1. The molecule has 0 amide bonds. The SMILES string of the molecule is CC/C=C\C/C=C\C/C=C\C/C=C\C/C=C\C/C=C\CCCCCCCCC(=O)OCC(COC(=O)CCCCCCC/C=C\CCCCC)OC(=O)CCCCCCCCCCCCCCCCCCCC. The molecule has 73 heavy (non-hydrogen) atoms. The predicted octanol–water partition coefficient (Wildman–Crippen LogP) is 21.1. The molecule has 0 heterocycles. The van der Waals surface area contributed by atoms with Gasteiger partial charge in [-0.25, -0.2) is 0 Å². The summed E-state index contributed by atoms with van der Waals surface area (Å²) in [6.07, 6.45) is 80.1. The summed E-state index contributed by atoms with van der Waals surface area (Å²) in [5.41, 5.74) is 0. The highest BCUT2D eigenvalue weighted by atomic mass is 16.6. The van der Waals surface area contributed by atoms with Crippen LogP contribution in [0.1, 0.15) is 303 Å². The third-order valence-electron chi connectivity index (χ3n) is 13.4. The van der Waals surface area contributed by atoms with Crippen molar-refractivity contribution >= 4 is 17.9 Å². The molecule has 0 aliphatic carbocycles. The van der Waals surface area contributed by atoms with Crippen molar-refractivity contribution in [3.63, 3.8) is 0 Å². The van der Waals surface area contributed by atoms with E-state index >= 15 is 0 Å². The Morgan fingerprint density at radius 2 is 0.534 bits per heavy atom. The zero-order valence-electron chi connectivity index (χ0n) is 48.1. The van der Waals surface area contributed by atoms with Crippen molar-refractivity contribution in [3.05, 3.63) is 85.1 Å². The van der Waals surface area contributed by atoms with Crippen LogP contribution in [0.5, 0.6) is 0 Å². The van der Waals surface area contributed by atoms with Crippen molar-refractivity contribution in [2.45, 2.75) is 309 Å². The number of carbonyl (C=O) groups excluding carboxylic acids is 3. The molecule has 0 saturated carbocycles. The van der Waals surface area contributed by atoms with Crippen LogP contribution in [0.2, 0.25) is 0 Å². The van der Waals surface area contributed by atoms with Gasteiger partial charge in [-0.1, -0.05) is 273 Å². The van der Waals surface area contributed by atoms with Gasteiger partial charge in [0.2, 0.25) is 0 Å². The molecule has 1 unspecified atom stereocenters. The van der Waals surface area contributed by atoms with Gasteiger partial charge < -0.3 is 14.2 Å². The van der Waals surface area contributed by atoms with E-state index in [0.717, 1.165) is 116 Å². The quantitative estimate of drug-likeness (QED) is 0.0261. The van der Waals surface area contributed by atoms with Crippen LogP contribution in [0.25, 0.3) is 0 Å². The lowest BCUT2D eigenvalue weighted by atomic mass is 10.0. The van der Waals surface area contributed by atoms with Gasteiger partial charge in [-0.2, -0.15) is 0 Å². The van der Waals surface area contributed by atoms with Crippen LogP contribution in [-0.4, -0.2) is 37.2 Å². The molecule has 0 bridgehead atoms. The number of rotatable bonds is 56. The van der Waals surface area contributed by atoms with Gasteiger partial charge in [-0.15, -0.1) is 0 Å². The maximum atomic E-state index is 12.9. The molecule has 1 atom stereocenters. The summed E-state index contributed by atoms with van der Waals surface area (Å²) in [7, 11) is 0. The minimum absolute atomic E-state index is 0.0832. The van der Waals surface area contributed by atoms with Crippen LogP contribution in [-0.2, 0) is 28.6 Å². The number of esters is 3. The van der Waals surface area contributed by atoms with E-state index in [2.05, 4.69) is 106 Å². The van der Waals surface area contributed by atoms with Crippen molar-refractivity contribution in [1.82, 2.24) is 0 Å². The second-order valence-electron chi connectivity index (χ2n) is 20.6. The molecule has 0 aromatic carbocycles. The molecule has 0 radical (unpaired) electrons. The van der Waals surface area contributed by atoms with Gasteiger partial charge >= 0.3 is 17.9 Å². The van der Waals surface area contributed by atoms with E-state index < -0.39 is 6.10 Å². The maximum Gasteiger partial charge on any atom is 0.306 e. The average Bonchev–Trinajstić information content (AvgIpc) is 3.39. The first kappa shape index (κ1) is 69.6. The van der Waals surface area contributed by atoms with E-state index in [1.165, 1.54) is 148 Å². The third-order valence-corrected chi connectivity index (χ3v) is 13.4. The average molecular weight is 1020 g/mol. The van der Waals surface area contributed by atoms with Crippen LogP contribution in [0.3, 0.4) is 0 Å². The highest BCUT2D eigenvalue weighted by molar-refractivity contribution is 5.71. The van der Waals surface area contributed by atoms with Crippen LogP contribution in [0.4, 0.5) is 0 Å². The van der Waals surface area contributed by atoms with E-state index in [1.807, 2.05) is 0 Å². The molecule has 0 aromatic rings. The molecular formula is C67H116O6. The minimum atomic E-state index is -0.785. The standard InChI is InChI=1S/C67H116O6/c1-4-7-10-13-16-19-22-25-27-29-31-32-33-34-35-36-37-39-40-42-45-48-51-54-57-60-66(69)72-63-64(62-71-65(68)59-56-53-50-47-44-24-21-18-15-12-9-6-3)73-67(70)61-58-55-52-49-46-43-41-38-30-28-26-23-20-17-14-11-8-5-2/h7,10,16,18-19,21,25,27,31-32,34-35,37,39,64H,4-6,8-9,11-15,17,20,22-24,26,28-30,33,36,38,40-63H2,1-3H3/b10-7-,19-16-,21-18-,27-25-,32-31-,35-34-,39-37-. The molecule has 0 N–H and O–H groups in total. The highest BCUT2D eigenvalue weighted by Gasteiger charge is 2.19. The summed E-state index contributed by atoms with van der Waals surface area (Å²) in [4.78, 5) is 38.2. The zero-order chi connectivity index (χ0) is 52.9. The smallest absolute Gasteiger partial charge is 0.306 e. The van der Waals surface area contributed by atoms with Gasteiger partial charge in [0.05, 0.1) is 0 Å². The number of unbranched alkanes of at least 4 members (excludes halogenated alkanes) is 31. The van der Waals surface area contributed by atoms with Gasteiger partial charge in [-0.05, 0) is 96.3 Å². The van der Waals surface area contributed by atoms with E-state index in [0.29, 0.717) is 19.3 Å². The molecule has 0 spiro atoms. The Morgan fingerprint density at radius 1 is 0.288 bits per heavy atom. The maximum absolute atomic E-state index is 12.9. The fraction of sp³-hybridized carbons (Fsp3) is 0.746. The molecule has 6 nitrogen and oxygen atoms in total. The second kappa shape index (κ2) is 61.1. The summed E-state index contributed by atoms with van der Waals surface area (Å²) < 4.78 is 16.9. The lowest BCUT2D eigenvalue weighted by molar-refractivity contribution is -0.167. The van der Waals surface area contributed by atoms with Crippen LogP contribution in [0.15, 0.2) is 85.1 Å². The monoisotopic (exact) mass is 1020 g/mol. The number of hydrogen-bond acceptors (Lipinski definition) is 6. The van der Waals surface area contributed by atoms with Gasteiger partial charge in [0.15, 0.2) is 6.10 Å². The van der Waals surface area contributed by atoms with E-state index in [9.17, 15) is 14.4 Å². The topological polar surface area (TPSA) is 78.9 Å². The van der Waals surface area contributed by atoms with Gasteiger partial charge in [0.1, 0.15) is 13.2 Å². The Hall–Kier alpha value is -3.41. The molecule has 6 heteroatoms. The van der Waals surface area contributed by atoms with Crippen molar-refractivity contribution in [3.8, 4) is 0 Å². The Bertz CT molecular complexity index is 1400. The molecule has 420 valence electrons. The van der Waals surface area contributed by atoms with Crippen LogP contribution >= 0.6 is 0 Å². The molecule has 0 aliphatic heterocycles. The molecule has 0 aliphatic rings. The van der Waals surface area contributed by atoms with Crippen molar-refractivity contribution < 1.29 is 28.6 Å². The largest absolute Gasteiger partial charge is 0.462 e. The summed E-state index contributed by atoms with van der Waals surface area (Å²) in [6, 6.07) is 0. The van der Waals surface area contributed by atoms with Crippen LogP contribution < -0.4 is 0 Å². The fourth-order valence-electron chi connectivity index (χ4n) is 8.74. The first-order chi connectivity index (χ1) is 36.0. The normalized spacial score (nSPS) is 12.6. The highest BCUT2D eigenvalue weighted by Crippen LogP contribution is 2.16. The molecule has 0 aromatic heterocycles. The number of carbonyl (C=O) groups is 3. The van der Waals surface area contributed by atoms with E-state index in [4.69, 9.17) is 14.2 Å². The van der Waals surface area contributed by atoms with Crippen molar-refractivity contribution in [1.29, 1.82) is 0 Å². The van der Waals surface area contributed by atoms with Crippen molar-refractivity contribution in [2.75, 3.05) is 13.2 Å². The number of ether oxygens (including phenoxy) is 3.